The minimum atomic E-state index is 0.369. The van der Waals surface area contributed by atoms with Crippen molar-refractivity contribution in [2.75, 3.05) is 12.4 Å². The lowest BCUT2D eigenvalue weighted by Crippen LogP contribution is -2.36. The number of nitrogens with one attached hydrogen (secondary N) is 1. The van der Waals surface area contributed by atoms with Crippen molar-refractivity contribution in [2.45, 2.75) is 38.6 Å². The molecule has 1 atom stereocenters. The van der Waals surface area contributed by atoms with E-state index in [4.69, 9.17) is 12.2 Å². The number of hydrogen-bond donors (Lipinski definition) is 1. The van der Waals surface area contributed by atoms with Crippen molar-refractivity contribution in [3.63, 3.8) is 0 Å². The van der Waals surface area contributed by atoms with E-state index in [1.165, 1.54) is 29.5 Å². The van der Waals surface area contributed by atoms with Gasteiger partial charge in [-0.05, 0) is 60.7 Å². The molecule has 0 radical (unpaired) electrons. The summed E-state index contributed by atoms with van der Waals surface area (Å²) < 4.78 is 0. The molecule has 0 aromatic heterocycles. The normalized spacial score (nSPS) is 16.5. The van der Waals surface area contributed by atoms with Gasteiger partial charge in [0.05, 0.1) is 6.04 Å². The third-order valence-corrected chi connectivity index (χ3v) is 5.16. The molecule has 23 heavy (non-hydrogen) atoms. The molecule has 0 saturated carbocycles. The van der Waals surface area contributed by atoms with Gasteiger partial charge in [-0.3, -0.25) is 0 Å². The number of aryl methyl sites for hydroxylation is 2. The van der Waals surface area contributed by atoms with Gasteiger partial charge in [0, 0.05) is 12.7 Å². The van der Waals surface area contributed by atoms with Crippen LogP contribution in [0.25, 0.3) is 0 Å². The van der Waals surface area contributed by atoms with Crippen molar-refractivity contribution in [3.05, 3.63) is 65.2 Å². The van der Waals surface area contributed by atoms with Gasteiger partial charge < -0.3 is 10.2 Å². The fourth-order valence-electron chi connectivity index (χ4n) is 3.43. The van der Waals surface area contributed by atoms with Crippen molar-refractivity contribution < 1.29 is 0 Å². The van der Waals surface area contributed by atoms with E-state index < -0.39 is 0 Å². The highest BCUT2D eigenvalue weighted by molar-refractivity contribution is 7.80. The molecule has 0 spiro atoms. The lowest BCUT2D eigenvalue weighted by atomic mass is 9.87. The zero-order valence-corrected chi connectivity index (χ0v) is 14.7. The molecule has 120 valence electrons. The number of rotatable bonds is 3. The molecule has 3 rings (SSSR count). The first-order valence-electron chi connectivity index (χ1n) is 8.40. The largest absolute Gasteiger partial charge is 0.345 e. The van der Waals surface area contributed by atoms with Crippen molar-refractivity contribution in [1.29, 1.82) is 0 Å². The maximum Gasteiger partial charge on any atom is 0.173 e. The predicted octanol–water partition coefficient (Wildman–Crippen LogP) is 4.96. The number of fused-ring (bicyclic) bond motifs is 1. The number of hydrogen-bond acceptors (Lipinski definition) is 1. The molecule has 0 aliphatic heterocycles. The topological polar surface area (TPSA) is 15.3 Å². The highest BCUT2D eigenvalue weighted by Crippen LogP contribution is 2.33. The molecular weight excluding hydrogens is 300 g/mol. The summed E-state index contributed by atoms with van der Waals surface area (Å²) >= 11 is 5.69. The van der Waals surface area contributed by atoms with E-state index in [-0.39, 0.29) is 0 Å². The van der Waals surface area contributed by atoms with Crippen LogP contribution in [0.15, 0.2) is 48.5 Å². The zero-order valence-electron chi connectivity index (χ0n) is 13.9. The Bertz CT molecular complexity index is 696. The van der Waals surface area contributed by atoms with Crippen molar-refractivity contribution in [1.82, 2.24) is 4.90 Å². The molecule has 0 heterocycles. The summed E-state index contributed by atoms with van der Waals surface area (Å²) in [4.78, 5) is 2.22. The number of para-hydroxylation sites is 1. The molecule has 0 bridgehead atoms. The summed E-state index contributed by atoms with van der Waals surface area (Å²) in [6, 6.07) is 17.5. The van der Waals surface area contributed by atoms with Crippen molar-refractivity contribution >= 4 is 23.0 Å². The average molecular weight is 324 g/mol. The average Bonchev–Trinajstić information content (AvgIpc) is 2.61. The van der Waals surface area contributed by atoms with Gasteiger partial charge in [-0.15, -0.1) is 0 Å². The second-order valence-electron chi connectivity index (χ2n) is 6.16. The second-order valence-corrected chi connectivity index (χ2v) is 6.55. The maximum absolute atomic E-state index is 5.69. The lowest BCUT2D eigenvalue weighted by Gasteiger charge is -2.35. The molecule has 1 aliphatic rings. The van der Waals surface area contributed by atoms with E-state index >= 15 is 0 Å². The summed E-state index contributed by atoms with van der Waals surface area (Å²) in [6.07, 6.45) is 4.56. The van der Waals surface area contributed by atoms with Gasteiger partial charge in [-0.2, -0.15) is 0 Å². The van der Waals surface area contributed by atoms with Crippen LogP contribution in [0.1, 0.15) is 42.5 Å². The third kappa shape index (κ3) is 3.40. The summed E-state index contributed by atoms with van der Waals surface area (Å²) in [6.45, 7) is 2.17. The Morgan fingerprint density at radius 1 is 1.17 bits per heavy atom. The molecule has 2 nitrogen and oxygen atoms in total. The standard InChI is InChI=1S/C20H24N2S/c1-3-15-9-5-7-13-18(15)21-20(23)22(2)19-14-8-11-16-10-4-6-12-17(16)19/h4-7,9-10,12-13,19H,3,8,11,14H2,1-2H3,(H,21,23)/t19-/m0/s1. The van der Waals surface area contributed by atoms with Crippen LogP contribution in [-0.4, -0.2) is 17.1 Å². The van der Waals surface area contributed by atoms with Crippen LogP contribution in [-0.2, 0) is 12.8 Å². The Balaban J connectivity index is 1.78. The summed E-state index contributed by atoms with van der Waals surface area (Å²) in [7, 11) is 2.11. The van der Waals surface area contributed by atoms with Crippen LogP contribution in [0.4, 0.5) is 5.69 Å². The molecule has 2 aromatic carbocycles. The Kier molecular flexibility index (Phi) is 4.97. The molecule has 0 amide bonds. The monoisotopic (exact) mass is 324 g/mol. The van der Waals surface area contributed by atoms with E-state index in [1.807, 2.05) is 0 Å². The van der Waals surface area contributed by atoms with E-state index in [0.29, 0.717) is 6.04 Å². The van der Waals surface area contributed by atoms with Gasteiger partial charge >= 0.3 is 0 Å². The SMILES string of the molecule is CCc1ccccc1NC(=S)N(C)[C@H]1CCCc2ccccc21. The fourth-order valence-corrected chi connectivity index (χ4v) is 3.66. The van der Waals surface area contributed by atoms with Crippen LogP contribution < -0.4 is 5.32 Å². The molecule has 0 fully saturated rings. The summed E-state index contributed by atoms with van der Waals surface area (Å²) in [5.41, 5.74) is 5.31. The first-order valence-corrected chi connectivity index (χ1v) is 8.81. The first kappa shape index (κ1) is 16.0. The smallest absolute Gasteiger partial charge is 0.173 e. The maximum atomic E-state index is 5.69. The predicted molar refractivity (Wildman–Crippen MR) is 102 cm³/mol. The van der Waals surface area contributed by atoms with E-state index in [9.17, 15) is 0 Å². The van der Waals surface area contributed by atoms with Crippen LogP contribution in [0.5, 0.6) is 0 Å². The van der Waals surface area contributed by atoms with Gasteiger partial charge in [-0.1, -0.05) is 49.4 Å². The van der Waals surface area contributed by atoms with Gasteiger partial charge in [0.15, 0.2) is 5.11 Å². The summed E-state index contributed by atoms with van der Waals surface area (Å²) in [5.74, 6) is 0. The number of thiocarbonyl (C=S) groups is 1. The van der Waals surface area contributed by atoms with Crippen LogP contribution in [0.3, 0.4) is 0 Å². The zero-order chi connectivity index (χ0) is 16.2. The molecule has 1 aliphatic carbocycles. The van der Waals surface area contributed by atoms with Crippen LogP contribution in [0, 0.1) is 0 Å². The van der Waals surface area contributed by atoms with Gasteiger partial charge in [0.1, 0.15) is 0 Å². The van der Waals surface area contributed by atoms with Crippen LogP contribution >= 0.6 is 12.2 Å². The Morgan fingerprint density at radius 2 is 1.91 bits per heavy atom. The molecular formula is C20H24N2S. The molecule has 0 saturated heterocycles. The number of benzene rings is 2. The number of anilines is 1. The van der Waals surface area contributed by atoms with Gasteiger partial charge in [0.25, 0.3) is 0 Å². The Labute approximate surface area is 144 Å². The Morgan fingerprint density at radius 3 is 2.74 bits per heavy atom. The third-order valence-electron chi connectivity index (χ3n) is 4.77. The molecule has 0 unspecified atom stereocenters. The van der Waals surface area contributed by atoms with E-state index in [2.05, 4.69) is 72.7 Å². The second kappa shape index (κ2) is 7.14. The summed E-state index contributed by atoms with van der Waals surface area (Å²) in [5, 5.41) is 4.25. The van der Waals surface area contributed by atoms with Gasteiger partial charge in [0.2, 0.25) is 0 Å². The lowest BCUT2D eigenvalue weighted by molar-refractivity contribution is 0.336. The van der Waals surface area contributed by atoms with Crippen molar-refractivity contribution in [3.8, 4) is 0 Å². The minimum Gasteiger partial charge on any atom is -0.345 e. The molecule has 3 heteroatoms. The highest BCUT2D eigenvalue weighted by atomic mass is 32.1. The van der Waals surface area contributed by atoms with Crippen molar-refractivity contribution in [2.24, 2.45) is 0 Å². The van der Waals surface area contributed by atoms with Crippen LogP contribution in [0.2, 0.25) is 0 Å². The minimum absolute atomic E-state index is 0.369. The fraction of sp³-hybridized carbons (Fsp3) is 0.350. The van der Waals surface area contributed by atoms with E-state index in [0.717, 1.165) is 23.6 Å². The first-order chi connectivity index (χ1) is 11.2. The van der Waals surface area contributed by atoms with E-state index in [1.54, 1.807) is 0 Å². The van der Waals surface area contributed by atoms with Gasteiger partial charge in [-0.25, -0.2) is 0 Å². The number of nitrogens with zero attached hydrogens (tertiary/aromatic N) is 1. The Hall–Kier alpha value is -1.87. The molecule has 2 aromatic rings. The highest BCUT2D eigenvalue weighted by Gasteiger charge is 2.25. The quantitative estimate of drug-likeness (QED) is 0.804. The molecule has 1 N–H and O–H groups in total.